The molecule has 65 heavy (non-hydrogen) atoms. The fraction of sp³-hybridized carbons (Fsp3) is 0.765. The van der Waals surface area contributed by atoms with Gasteiger partial charge in [-0.3, -0.25) is 0 Å². The lowest BCUT2D eigenvalue weighted by atomic mass is 9.88. The predicted octanol–water partition coefficient (Wildman–Crippen LogP) is 10.2. The van der Waals surface area contributed by atoms with E-state index in [1.807, 2.05) is 47.6 Å². The van der Waals surface area contributed by atoms with Crippen molar-refractivity contribution in [1.29, 1.82) is 0 Å². The van der Waals surface area contributed by atoms with Crippen molar-refractivity contribution >= 4 is 17.6 Å². The Morgan fingerprint density at radius 3 is 1.42 bits per heavy atom. The van der Waals surface area contributed by atoms with Crippen molar-refractivity contribution in [1.82, 2.24) is 10.6 Å². The molecule has 0 aromatic heterocycles. The number of aliphatic hydroxyl groups is 2. The van der Waals surface area contributed by atoms with Gasteiger partial charge in [0.1, 0.15) is 36.9 Å². The summed E-state index contributed by atoms with van der Waals surface area (Å²) in [5, 5.41) is 27.9. The van der Waals surface area contributed by atoms with Crippen LogP contribution in [0.2, 0.25) is 12.1 Å². The fourth-order valence-electron chi connectivity index (χ4n) is 8.25. The lowest BCUT2D eigenvalue weighted by molar-refractivity contribution is 0.0698. The molecule has 2 aromatic rings. The molecule has 3 atom stereocenters. The van der Waals surface area contributed by atoms with Crippen LogP contribution in [0.15, 0.2) is 48.5 Å². The van der Waals surface area contributed by atoms with Gasteiger partial charge in [-0.2, -0.15) is 0 Å². The zero-order valence-electron chi connectivity index (χ0n) is 42.0. The maximum atomic E-state index is 10.6. The number of unbranched alkanes of at least 4 members (excludes halogenated alkanes) is 8. The quantitative estimate of drug-likeness (QED) is 0.0371. The molecule has 2 aromatic carbocycles. The fourth-order valence-corrected chi connectivity index (χ4v) is 13.5. The molecule has 0 bridgehead atoms. The van der Waals surface area contributed by atoms with Crippen LogP contribution < -0.4 is 20.1 Å². The lowest BCUT2D eigenvalue weighted by Crippen LogP contribution is -2.46. The molecule has 0 amide bonds. The van der Waals surface area contributed by atoms with Gasteiger partial charge in [-0.05, 0) is 134 Å². The normalized spacial score (nSPS) is 13.6. The molecule has 0 aliphatic rings. The van der Waals surface area contributed by atoms with Gasteiger partial charge in [-0.15, -0.1) is 0 Å². The summed E-state index contributed by atoms with van der Waals surface area (Å²) in [7, 11) is -5.28. The van der Waals surface area contributed by atoms with E-state index in [4.69, 9.17) is 36.0 Å². The van der Waals surface area contributed by atoms with Crippen molar-refractivity contribution < 1.29 is 46.2 Å². The SMILES string of the molecule is CCCCCCCC(CCCCCCCc1cccc(OCC(O)CNCCC[Si](OCC)(OCC)OCC)c1)c1ccc(OCC(O)CNCCC[Si](OCC)(OCC)OCC)cc1. The van der Waals surface area contributed by atoms with Crippen LogP contribution in [-0.4, -0.2) is 119 Å². The van der Waals surface area contributed by atoms with Crippen LogP contribution in [0.25, 0.3) is 0 Å². The first-order valence-corrected chi connectivity index (χ1v) is 29.6. The van der Waals surface area contributed by atoms with E-state index in [1.165, 1.54) is 81.8 Å². The van der Waals surface area contributed by atoms with Crippen LogP contribution in [0, 0.1) is 0 Å². The van der Waals surface area contributed by atoms with Crippen LogP contribution in [0.4, 0.5) is 0 Å². The number of nitrogens with one attached hydrogen (secondary N) is 2. The third kappa shape index (κ3) is 27.0. The summed E-state index contributed by atoms with van der Waals surface area (Å²) in [5.41, 5.74) is 2.67. The highest BCUT2D eigenvalue weighted by atomic mass is 28.4. The molecule has 0 fully saturated rings. The summed E-state index contributed by atoms with van der Waals surface area (Å²) in [4.78, 5) is 0. The molecule has 2 rings (SSSR count). The van der Waals surface area contributed by atoms with Gasteiger partial charge >= 0.3 is 17.6 Å². The van der Waals surface area contributed by atoms with Gasteiger partial charge in [0.05, 0.1) is 0 Å². The molecule has 0 spiro atoms. The van der Waals surface area contributed by atoms with E-state index < -0.39 is 29.8 Å². The van der Waals surface area contributed by atoms with Crippen LogP contribution in [0.5, 0.6) is 11.5 Å². The summed E-state index contributed by atoms with van der Waals surface area (Å²) in [6.07, 6.45) is 16.5. The van der Waals surface area contributed by atoms with Gasteiger partial charge in [-0.1, -0.05) is 89.0 Å². The number of benzene rings is 2. The lowest BCUT2D eigenvalue weighted by Gasteiger charge is -2.28. The molecular weight excluding hydrogens is 857 g/mol. The largest absolute Gasteiger partial charge is 0.500 e. The van der Waals surface area contributed by atoms with Gasteiger partial charge in [0, 0.05) is 64.8 Å². The Hall–Kier alpha value is -1.93. The smallest absolute Gasteiger partial charge is 0.491 e. The van der Waals surface area contributed by atoms with Gasteiger partial charge < -0.3 is 56.9 Å². The van der Waals surface area contributed by atoms with E-state index in [0.29, 0.717) is 58.6 Å². The second-order valence-electron chi connectivity index (χ2n) is 16.9. The molecule has 0 radical (unpaired) electrons. The Morgan fingerprint density at radius 1 is 0.492 bits per heavy atom. The van der Waals surface area contributed by atoms with E-state index in [2.05, 4.69) is 60.0 Å². The number of aryl methyl sites for hydroxylation is 1. The number of hydrogen-bond acceptors (Lipinski definition) is 12. The van der Waals surface area contributed by atoms with Crippen LogP contribution in [-0.2, 0) is 33.0 Å². The first-order chi connectivity index (χ1) is 31.7. The van der Waals surface area contributed by atoms with Crippen molar-refractivity contribution in [3.05, 3.63) is 59.7 Å². The monoisotopic (exact) mass is 951 g/mol. The van der Waals surface area contributed by atoms with E-state index >= 15 is 0 Å². The molecule has 0 heterocycles. The highest BCUT2D eigenvalue weighted by molar-refractivity contribution is 6.61. The molecule has 376 valence electrons. The molecule has 0 saturated carbocycles. The number of ether oxygens (including phenoxy) is 2. The van der Waals surface area contributed by atoms with E-state index in [-0.39, 0.29) is 13.2 Å². The number of rotatable bonds is 45. The molecule has 3 unspecified atom stereocenters. The Morgan fingerprint density at radius 2 is 0.938 bits per heavy atom. The van der Waals surface area contributed by atoms with Crippen molar-refractivity contribution in [3.8, 4) is 11.5 Å². The Balaban J connectivity index is 1.71. The van der Waals surface area contributed by atoms with Gasteiger partial charge in [-0.25, -0.2) is 0 Å². The van der Waals surface area contributed by atoms with Gasteiger partial charge in [0.15, 0.2) is 0 Å². The summed E-state index contributed by atoms with van der Waals surface area (Å²) in [6, 6.07) is 18.4. The second-order valence-corrected chi connectivity index (χ2v) is 22.4. The molecule has 4 N–H and O–H groups in total. The minimum absolute atomic E-state index is 0.245. The standard InChI is InChI=1S/C51H94N2O10Si2/c1-8-15-16-18-22-29-46(47-32-34-50(35-33-47)56-43-48(54)41-52-36-25-38-64(58-9-2,59-10-3)60-11-4)30-23-20-17-19-21-27-45-28-24-31-51(40-45)57-44-49(55)42-53-37-26-39-65(61-12-5,62-13-6)63-14-7/h24,28,31-35,40,46,48-49,52-55H,8-23,25-27,29-30,36-39,41-44H2,1-7H3. The highest BCUT2D eigenvalue weighted by Gasteiger charge is 2.40. The summed E-state index contributed by atoms with van der Waals surface area (Å²) >= 11 is 0. The molecular formula is C51H94N2O10Si2. The number of aliphatic hydroxyl groups excluding tert-OH is 2. The molecule has 0 aliphatic heterocycles. The van der Waals surface area contributed by atoms with E-state index in [1.54, 1.807) is 0 Å². The van der Waals surface area contributed by atoms with Crippen molar-refractivity contribution in [2.75, 3.05) is 79.0 Å². The van der Waals surface area contributed by atoms with Crippen LogP contribution >= 0.6 is 0 Å². The second kappa shape index (κ2) is 38.0. The minimum Gasteiger partial charge on any atom is -0.491 e. The van der Waals surface area contributed by atoms with Crippen LogP contribution in [0.1, 0.15) is 155 Å². The predicted molar refractivity (Wildman–Crippen MR) is 269 cm³/mol. The summed E-state index contributed by atoms with van der Waals surface area (Å²) in [6.45, 7) is 20.5. The average molecular weight is 951 g/mol. The van der Waals surface area contributed by atoms with Crippen LogP contribution in [0.3, 0.4) is 0 Å². The summed E-state index contributed by atoms with van der Waals surface area (Å²) in [5.74, 6) is 2.16. The van der Waals surface area contributed by atoms with Crippen molar-refractivity contribution in [3.63, 3.8) is 0 Å². The van der Waals surface area contributed by atoms with Crippen molar-refractivity contribution in [2.45, 2.75) is 175 Å². The maximum Gasteiger partial charge on any atom is 0.500 e. The third-order valence-electron chi connectivity index (χ3n) is 11.4. The molecule has 12 nitrogen and oxygen atoms in total. The number of hydrogen-bond donors (Lipinski definition) is 4. The first-order valence-electron chi connectivity index (χ1n) is 25.8. The van der Waals surface area contributed by atoms with Crippen molar-refractivity contribution in [2.24, 2.45) is 0 Å². The average Bonchev–Trinajstić information content (AvgIpc) is 3.30. The van der Waals surface area contributed by atoms with Gasteiger partial charge in [0.2, 0.25) is 0 Å². The van der Waals surface area contributed by atoms with E-state index in [9.17, 15) is 10.2 Å². The zero-order valence-corrected chi connectivity index (χ0v) is 44.0. The minimum atomic E-state index is -2.64. The van der Waals surface area contributed by atoms with E-state index in [0.717, 1.165) is 62.4 Å². The third-order valence-corrected chi connectivity index (χ3v) is 17.7. The summed E-state index contributed by atoms with van der Waals surface area (Å²) < 4.78 is 47.7. The Labute approximate surface area is 398 Å². The highest BCUT2D eigenvalue weighted by Crippen LogP contribution is 2.30. The van der Waals surface area contributed by atoms with Gasteiger partial charge in [0.25, 0.3) is 0 Å². The maximum absolute atomic E-state index is 10.6. The molecule has 14 heteroatoms. The topological polar surface area (TPSA) is 138 Å². The zero-order chi connectivity index (χ0) is 47.3. The molecule has 0 aliphatic carbocycles. The first kappa shape index (κ1) is 59.2. The molecule has 0 saturated heterocycles. The Kier molecular flexibility index (Phi) is 34.6. The Bertz CT molecular complexity index is 1360.